The largest absolute Gasteiger partial charge is 0.348 e. The second-order valence-electron chi connectivity index (χ2n) is 3.33. The molecule has 0 radical (unpaired) electrons. The fourth-order valence-corrected chi connectivity index (χ4v) is 1.45. The standard InChI is InChI=1S/C11H10ClFN2O/c1-7(5-6-14)15-11(16)10-8(12)3-2-4-9(10)13/h2-4,7H,5H2,1H3,(H,15,16). The summed E-state index contributed by atoms with van der Waals surface area (Å²) in [5.74, 6) is -1.28. The van der Waals surface area contributed by atoms with Crippen molar-refractivity contribution in [2.45, 2.75) is 19.4 Å². The van der Waals surface area contributed by atoms with E-state index in [1.807, 2.05) is 6.07 Å². The van der Waals surface area contributed by atoms with E-state index in [9.17, 15) is 9.18 Å². The topological polar surface area (TPSA) is 52.9 Å². The summed E-state index contributed by atoms with van der Waals surface area (Å²) in [4.78, 5) is 11.6. The van der Waals surface area contributed by atoms with E-state index < -0.39 is 11.7 Å². The number of nitrogens with zero attached hydrogens (tertiary/aromatic N) is 1. The number of rotatable bonds is 3. The minimum absolute atomic E-state index is 0.0571. The SMILES string of the molecule is CC(CC#N)NC(=O)c1c(F)cccc1Cl. The number of halogens is 2. The van der Waals surface area contributed by atoms with E-state index in [1.165, 1.54) is 12.1 Å². The van der Waals surface area contributed by atoms with Gasteiger partial charge in [0.15, 0.2) is 0 Å². The Kier molecular flexibility index (Phi) is 4.27. The Labute approximate surface area is 97.8 Å². The van der Waals surface area contributed by atoms with Crippen molar-refractivity contribution in [3.8, 4) is 6.07 Å². The van der Waals surface area contributed by atoms with Crippen molar-refractivity contribution in [2.24, 2.45) is 0 Å². The molecule has 1 amide bonds. The number of nitrogens with one attached hydrogen (secondary N) is 1. The fraction of sp³-hybridized carbons (Fsp3) is 0.273. The number of hydrogen-bond acceptors (Lipinski definition) is 2. The molecule has 1 atom stereocenters. The highest BCUT2D eigenvalue weighted by Crippen LogP contribution is 2.18. The van der Waals surface area contributed by atoms with Crippen molar-refractivity contribution in [1.82, 2.24) is 5.32 Å². The van der Waals surface area contributed by atoms with Crippen LogP contribution < -0.4 is 5.32 Å². The van der Waals surface area contributed by atoms with Gasteiger partial charge in [-0.15, -0.1) is 0 Å². The summed E-state index contributed by atoms with van der Waals surface area (Å²) in [6.45, 7) is 1.66. The lowest BCUT2D eigenvalue weighted by molar-refractivity contribution is 0.0937. The smallest absolute Gasteiger partial charge is 0.256 e. The number of hydrogen-bond donors (Lipinski definition) is 1. The van der Waals surface area contributed by atoms with Crippen LogP contribution >= 0.6 is 11.6 Å². The quantitative estimate of drug-likeness (QED) is 0.883. The van der Waals surface area contributed by atoms with Crippen LogP contribution in [-0.4, -0.2) is 11.9 Å². The van der Waals surface area contributed by atoms with Gasteiger partial charge in [-0.2, -0.15) is 5.26 Å². The first kappa shape index (κ1) is 12.5. The zero-order valence-corrected chi connectivity index (χ0v) is 9.38. The van der Waals surface area contributed by atoms with Crippen LogP contribution in [0.3, 0.4) is 0 Å². The van der Waals surface area contributed by atoms with Crippen LogP contribution in [0.25, 0.3) is 0 Å². The third-order valence-electron chi connectivity index (χ3n) is 1.96. The third-order valence-corrected chi connectivity index (χ3v) is 2.28. The first-order valence-electron chi connectivity index (χ1n) is 4.68. The van der Waals surface area contributed by atoms with Gasteiger partial charge in [0.05, 0.1) is 23.1 Å². The lowest BCUT2D eigenvalue weighted by Crippen LogP contribution is -2.33. The number of amides is 1. The molecule has 0 heterocycles. The van der Waals surface area contributed by atoms with Crippen LogP contribution in [0.4, 0.5) is 4.39 Å². The average molecular weight is 241 g/mol. The van der Waals surface area contributed by atoms with Gasteiger partial charge in [-0.05, 0) is 19.1 Å². The van der Waals surface area contributed by atoms with Crippen molar-refractivity contribution in [3.63, 3.8) is 0 Å². The maximum Gasteiger partial charge on any atom is 0.256 e. The molecule has 84 valence electrons. The number of nitriles is 1. The minimum atomic E-state index is -0.672. The first-order chi connectivity index (χ1) is 7.56. The Morgan fingerprint density at radius 2 is 2.38 bits per heavy atom. The van der Waals surface area contributed by atoms with Gasteiger partial charge < -0.3 is 5.32 Å². The first-order valence-corrected chi connectivity index (χ1v) is 5.06. The second kappa shape index (κ2) is 5.47. The summed E-state index contributed by atoms with van der Waals surface area (Å²) >= 11 is 5.72. The van der Waals surface area contributed by atoms with E-state index in [-0.39, 0.29) is 23.0 Å². The van der Waals surface area contributed by atoms with Crippen molar-refractivity contribution in [3.05, 3.63) is 34.6 Å². The Morgan fingerprint density at radius 1 is 1.69 bits per heavy atom. The summed E-state index contributed by atoms with van der Waals surface area (Å²) in [5.41, 5.74) is -0.186. The van der Waals surface area contributed by atoms with Gasteiger partial charge in [0.25, 0.3) is 5.91 Å². The highest BCUT2D eigenvalue weighted by Gasteiger charge is 2.17. The van der Waals surface area contributed by atoms with Gasteiger partial charge in [-0.25, -0.2) is 4.39 Å². The highest BCUT2D eigenvalue weighted by atomic mass is 35.5. The van der Waals surface area contributed by atoms with Gasteiger partial charge >= 0.3 is 0 Å². The van der Waals surface area contributed by atoms with Crippen LogP contribution in [0.2, 0.25) is 5.02 Å². The van der Waals surface area contributed by atoms with Gasteiger partial charge in [-0.1, -0.05) is 17.7 Å². The minimum Gasteiger partial charge on any atom is -0.348 e. The molecule has 0 aromatic heterocycles. The van der Waals surface area contributed by atoms with Gasteiger partial charge in [0.2, 0.25) is 0 Å². The van der Waals surface area contributed by atoms with Gasteiger partial charge in [0, 0.05) is 6.04 Å². The molecule has 1 rings (SSSR count). The molecule has 0 saturated heterocycles. The summed E-state index contributed by atoms with van der Waals surface area (Å²) in [6, 6.07) is 5.60. The summed E-state index contributed by atoms with van der Waals surface area (Å²) in [7, 11) is 0. The molecule has 0 spiro atoms. The fourth-order valence-electron chi connectivity index (χ4n) is 1.20. The van der Waals surface area contributed by atoms with E-state index in [2.05, 4.69) is 5.32 Å². The molecule has 3 nitrogen and oxygen atoms in total. The summed E-state index contributed by atoms with van der Waals surface area (Å²) in [5, 5.41) is 11.0. The average Bonchev–Trinajstić information content (AvgIpc) is 2.17. The number of carbonyl (C=O) groups excluding carboxylic acids is 1. The normalized spacial score (nSPS) is 11.6. The molecule has 0 aliphatic carbocycles. The number of carbonyl (C=O) groups is 1. The highest BCUT2D eigenvalue weighted by molar-refractivity contribution is 6.33. The van der Waals surface area contributed by atoms with Gasteiger partial charge in [0.1, 0.15) is 5.82 Å². The molecule has 0 saturated carbocycles. The molecule has 5 heteroatoms. The van der Waals surface area contributed by atoms with Crippen LogP contribution in [0.1, 0.15) is 23.7 Å². The Hall–Kier alpha value is -1.60. The molecule has 16 heavy (non-hydrogen) atoms. The molecule has 0 bridgehead atoms. The maximum absolute atomic E-state index is 13.3. The second-order valence-corrected chi connectivity index (χ2v) is 3.74. The Morgan fingerprint density at radius 3 is 2.94 bits per heavy atom. The van der Waals surface area contributed by atoms with E-state index >= 15 is 0 Å². The van der Waals surface area contributed by atoms with Crippen molar-refractivity contribution < 1.29 is 9.18 Å². The molecule has 0 aliphatic heterocycles. The van der Waals surface area contributed by atoms with Crippen LogP contribution in [-0.2, 0) is 0 Å². The van der Waals surface area contributed by atoms with Crippen molar-refractivity contribution in [2.75, 3.05) is 0 Å². The molecule has 0 fully saturated rings. The predicted octanol–water partition coefficient (Wildman–Crippen LogP) is 2.51. The maximum atomic E-state index is 13.3. The zero-order valence-electron chi connectivity index (χ0n) is 8.63. The van der Waals surface area contributed by atoms with Crippen molar-refractivity contribution in [1.29, 1.82) is 5.26 Å². The van der Waals surface area contributed by atoms with Crippen LogP contribution in [0, 0.1) is 17.1 Å². The van der Waals surface area contributed by atoms with E-state index in [1.54, 1.807) is 6.92 Å². The molecule has 1 aromatic carbocycles. The Balaban J connectivity index is 2.85. The third kappa shape index (κ3) is 2.94. The molecule has 1 aromatic rings. The lowest BCUT2D eigenvalue weighted by atomic mass is 10.1. The van der Waals surface area contributed by atoms with Gasteiger partial charge in [-0.3, -0.25) is 4.79 Å². The molecular weight excluding hydrogens is 231 g/mol. The van der Waals surface area contributed by atoms with E-state index in [0.717, 1.165) is 6.07 Å². The lowest BCUT2D eigenvalue weighted by Gasteiger charge is -2.11. The molecule has 1 N–H and O–H groups in total. The summed E-state index contributed by atoms with van der Waals surface area (Å²) < 4.78 is 13.3. The van der Waals surface area contributed by atoms with Crippen LogP contribution in [0.5, 0.6) is 0 Å². The molecular formula is C11H10ClFN2O. The molecule has 1 unspecified atom stereocenters. The number of benzene rings is 1. The van der Waals surface area contributed by atoms with E-state index in [4.69, 9.17) is 16.9 Å². The van der Waals surface area contributed by atoms with E-state index in [0.29, 0.717) is 0 Å². The zero-order chi connectivity index (χ0) is 12.1. The predicted molar refractivity (Wildman–Crippen MR) is 58.6 cm³/mol. The Bertz CT molecular complexity index is 422. The monoisotopic (exact) mass is 240 g/mol. The molecule has 0 aliphatic rings. The summed E-state index contributed by atoms with van der Waals surface area (Å²) in [6.07, 6.45) is 0.164. The van der Waals surface area contributed by atoms with Crippen molar-refractivity contribution >= 4 is 17.5 Å². The van der Waals surface area contributed by atoms with Crippen LogP contribution in [0.15, 0.2) is 18.2 Å².